The monoisotopic (exact) mass is 1040 g/mol. The zero-order valence-electron chi connectivity index (χ0n) is 45.3. The van der Waals surface area contributed by atoms with E-state index in [9.17, 15) is 23.6 Å². The van der Waals surface area contributed by atoms with Crippen molar-refractivity contribution < 1.29 is 38.0 Å². The predicted molar refractivity (Wildman–Crippen MR) is 291 cm³/mol. The number of pyridine rings is 1. The van der Waals surface area contributed by atoms with E-state index in [1.165, 1.54) is 60.0 Å². The molecule has 7 atom stereocenters. The lowest BCUT2D eigenvalue weighted by atomic mass is 9.95. The number of nitrogens with zero attached hydrogens (tertiary/aromatic N) is 5. The highest BCUT2D eigenvalue weighted by molar-refractivity contribution is 5.99. The Morgan fingerprint density at radius 3 is 1.97 bits per heavy atom. The number of fused-ring (bicyclic) bond motifs is 4. The van der Waals surface area contributed by atoms with E-state index in [0.29, 0.717) is 29.5 Å². The fourth-order valence-corrected chi connectivity index (χ4v) is 10.5. The number of halogens is 1. The molecule has 7 rings (SSSR count). The minimum absolute atomic E-state index is 0.00119. The molecule has 2 aliphatic rings. The molecule has 2 saturated heterocycles. The molecule has 0 saturated carbocycles. The second-order valence-electron chi connectivity index (χ2n) is 22.0. The van der Waals surface area contributed by atoms with E-state index < -0.39 is 95.0 Å². The first kappa shape index (κ1) is 56.3. The number of piperidine rings is 1. The number of carbonyl (C=O) groups is 7. The van der Waals surface area contributed by atoms with Gasteiger partial charge in [-0.05, 0) is 111 Å². The van der Waals surface area contributed by atoms with Crippen molar-refractivity contribution in [3.05, 3.63) is 126 Å². The van der Waals surface area contributed by atoms with Crippen LogP contribution in [0.2, 0.25) is 0 Å². The lowest BCUT2D eigenvalue weighted by molar-refractivity contribution is -0.153. The van der Waals surface area contributed by atoms with Crippen LogP contribution in [0.25, 0.3) is 21.8 Å². The highest BCUT2D eigenvalue weighted by Crippen LogP contribution is 2.30. The van der Waals surface area contributed by atoms with Crippen molar-refractivity contribution in [1.82, 2.24) is 45.5 Å². The van der Waals surface area contributed by atoms with Crippen molar-refractivity contribution in [2.24, 2.45) is 11.8 Å². The van der Waals surface area contributed by atoms with Gasteiger partial charge in [0, 0.05) is 68.6 Å². The molecule has 404 valence electrons. The number of hydrogen-bond acceptors (Lipinski definition) is 8. The van der Waals surface area contributed by atoms with Gasteiger partial charge in [-0.25, -0.2) is 4.39 Å². The zero-order valence-corrected chi connectivity index (χ0v) is 45.3. The number of carbonyl (C=O) groups excluding carboxylic acids is 7. The molecule has 2 fully saturated rings. The summed E-state index contributed by atoms with van der Waals surface area (Å²) in [5, 5.41) is 13.4. The summed E-state index contributed by atoms with van der Waals surface area (Å²) in [6.45, 7) is 17.4. The standard InChI is InChI=1S/C59H74FN9O7/c1-11-59(7,8)69-34-41(43-17-12-13-18-48(43)69)33-47-57(75)67(10)50(28-35(2)3)54(72)63-46(32-39-22-25-44-40(30-39)16-14-26-61-44)52(70)62-37(6)56(74)66(9)49-19-15-27-68(58(49)76)51(29-36(4)5)55(73)64-45(53(71)65-47)31-38-20-23-42(60)24-21-38/h11-14,16-18,20-26,30,34-37,45-47,49-51H,1,15,19,27-29,31-33H2,2-10H3,(H,62,70)(H,63,72)(H,64,73)(H,65,71)/t37-,45-,46-,47-,49-,50-,51-/m0/s1. The average Bonchev–Trinajstić information content (AvgIpc) is 3.77. The van der Waals surface area contributed by atoms with Gasteiger partial charge in [0.15, 0.2) is 0 Å². The van der Waals surface area contributed by atoms with Gasteiger partial charge in [-0.3, -0.25) is 38.5 Å². The summed E-state index contributed by atoms with van der Waals surface area (Å²) in [4.78, 5) is 113. The van der Waals surface area contributed by atoms with Gasteiger partial charge in [0.25, 0.3) is 0 Å². The van der Waals surface area contributed by atoms with Crippen LogP contribution in [0.4, 0.5) is 4.39 Å². The minimum atomic E-state index is -1.34. The van der Waals surface area contributed by atoms with Gasteiger partial charge in [-0.15, -0.1) is 6.58 Å². The van der Waals surface area contributed by atoms with E-state index in [4.69, 9.17) is 0 Å². The van der Waals surface area contributed by atoms with Crippen molar-refractivity contribution in [1.29, 1.82) is 0 Å². The fraction of sp³-hybridized carbons (Fsp3) is 0.458. The molecule has 0 spiro atoms. The summed E-state index contributed by atoms with van der Waals surface area (Å²) in [7, 11) is 2.99. The van der Waals surface area contributed by atoms with E-state index in [-0.39, 0.29) is 50.5 Å². The molecule has 5 aromatic rings. The maximum absolute atomic E-state index is 15.5. The van der Waals surface area contributed by atoms with Gasteiger partial charge in [0.1, 0.15) is 48.1 Å². The van der Waals surface area contributed by atoms with E-state index in [1.54, 1.807) is 12.3 Å². The van der Waals surface area contributed by atoms with Crippen LogP contribution in [0, 0.1) is 17.7 Å². The van der Waals surface area contributed by atoms with Crippen LogP contribution in [-0.2, 0) is 58.4 Å². The maximum atomic E-state index is 15.5. The first-order valence-corrected chi connectivity index (χ1v) is 26.4. The van der Waals surface area contributed by atoms with Crippen molar-refractivity contribution in [2.45, 2.75) is 141 Å². The molecular weight excluding hydrogens is 966 g/mol. The van der Waals surface area contributed by atoms with Gasteiger partial charge in [0.05, 0.1) is 11.1 Å². The molecule has 7 amide bonds. The Hall–Kier alpha value is -7.43. The molecule has 4 heterocycles. The van der Waals surface area contributed by atoms with Crippen LogP contribution in [0.1, 0.15) is 90.8 Å². The Morgan fingerprint density at radius 1 is 0.697 bits per heavy atom. The van der Waals surface area contributed by atoms with Gasteiger partial charge in [-0.2, -0.15) is 0 Å². The maximum Gasteiger partial charge on any atom is 0.246 e. The molecule has 0 radical (unpaired) electrons. The Bertz CT molecular complexity index is 2970. The molecule has 17 heteroatoms. The van der Waals surface area contributed by atoms with Gasteiger partial charge in [0.2, 0.25) is 41.4 Å². The summed E-state index contributed by atoms with van der Waals surface area (Å²) >= 11 is 0. The van der Waals surface area contributed by atoms with Gasteiger partial charge < -0.3 is 40.5 Å². The summed E-state index contributed by atoms with van der Waals surface area (Å²) in [6, 6.07) is 14.1. The summed E-state index contributed by atoms with van der Waals surface area (Å²) in [5.74, 6) is -5.07. The molecule has 0 unspecified atom stereocenters. The largest absolute Gasteiger partial charge is 0.343 e. The average molecular weight is 1040 g/mol. The number of likely N-dealkylation sites (N-methyl/N-ethyl adjacent to an activating group) is 2. The molecule has 2 aliphatic heterocycles. The molecule has 0 aliphatic carbocycles. The molecule has 3 aromatic carbocycles. The molecule has 2 bridgehead atoms. The van der Waals surface area contributed by atoms with Crippen LogP contribution in [0.5, 0.6) is 0 Å². The van der Waals surface area contributed by atoms with E-state index in [1.807, 2.05) is 107 Å². The molecular formula is C59H74FN9O7. The SMILES string of the molecule is C=CC(C)(C)n1cc(C[C@@H]2NC(=O)[C@H](Cc3ccc(F)cc3)NC(=O)[C@H](CC(C)C)N3CCC[C@@H](C3=O)N(C)C(=O)[C@H](C)NC(=O)[C@H](Cc3ccc4ncccc4c3)NC(=O)[C@H](CC(C)C)N(C)C2=O)c2ccccc21. The van der Waals surface area contributed by atoms with Crippen molar-refractivity contribution in [2.75, 3.05) is 20.6 Å². The third-order valence-corrected chi connectivity index (χ3v) is 14.9. The molecule has 2 aromatic heterocycles. The molecule has 76 heavy (non-hydrogen) atoms. The lowest BCUT2D eigenvalue weighted by Gasteiger charge is -2.41. The number of allylic oxidation sites excluding steroid dienone is 1. The Morgan fingerprint density at radius 2 is 1.30 bits per heavy atom. The summed E-state index contributed by atoms with van der Waals surface area (Å²) in [5.41, 5.74) is 2.93. The minimum Gasteiger partial charge on any atom is -0.343 e. The molecule has 4 N–H and O–H groups in total. The fourth-order valence-electron chi connectivity index (χ4n) is 10.5. The van der Waals surface area contributed by atoms with E-state index in [2.05, 4.69) is 32.8 Å². The Labute approximate surface area is 445 Å². The third-order valence-electron chi connectivity index (χ3n) is 14.9. The number of hydrogen-bond donors (Lipinski definition) is 4. The smallest absolute Gasteiger partial charge is 0.246 e. The van der Waals surface area contributed by atoms with Crippen LogP contribution >= 0.6 is 0 Å². The highest BCUT2D eigenvalue weighted by atomic mass is 19.1. The normalized spacial score (nSPS) is 23.1. The second-order valence-corrected chi connectivity index (χ2v) is 22.0. The van der Waals surface area contributed by atoms with Crippen molar-refractivity contribution in [3.63, 3.8) is 0 Å². The van der Waals surface area contributed by atoms with Crippen molar-refractivity contribution in [3.8, 4) is 0 Å². The summed E-state index contributed by atoms with van der Waals surface area (Å²) in [6.07, 6.45) is 6.36. The Kier molecular flexibility index (Phi) is 17.8. The number of amides is 7. The number of rotatable bonds is 12. The van der Waals surface area contributed by atoms with Gasteiger partial charge >= 0.3 is 0 Å². The molecule has 16 nitrogen and oxygen atoms in total. The van der Waals surface area contributed by atoms with Crippen LogP contribution in [-0.4, -0.2) is 129 Å². The number of nitrogens with one attached hydrogen (secondary N) is 4. The van der Waals surface area contributed by atoms with Crippen LogP contribution in [0.3, 0.4) is 0 Å². The number of benzene rings is 3. The van der Waals surface area contributed by atoms with Crippen LogP contribution < -0.4 is 21.3 Å². The topological polar surface area (TPSA) is 195 Å². The van der Waals surface area contributed by atoms with E-state index in [0.717, 1.165) is 21.8 Å². The zero-order chi connectivity index (χ0) is 55.2. The first-order valence-electron chi connectivity index (χ1n) is 26.4. The third kappa shape index (κ3) is 13.0. The number of aromatic nitrogens is 2. The van der Waals surface area contributed by atoms with Crippen molar-refractivity contribution >= 4 is 63.2 Å². The first-order chi connectivity index (χ1) is 36.1. The Balaban J connectivity index is 1.36. The highest BCUT2D eigenvalue weighted by Gasteiger charge is 2.43. The van der Waals surface area contributed by atoms with Crippen LogP contribution in [0.15, 0.2) is 104 Å². The second kappa shape index (κ2) is 24.1. The predicted octanol–water partition coefficient (Wildman–Crippen LogP) is 5.99. The lowest BCUT2D eigenvalue weighted by Crippen LogP contribution is -2.62. The van der Waals surface area contributed by atoms with E-state index >= 15 is 14.4 Å². The summed E-state index contributed by atoms with van der Waals surface area (Å²) < 4.78 is 16.4. The quantitative estimate of drug-likeness (QED) is 0.110. The van der Waals surface area contributed by atoms with Gasteiger partial charge in [-0.1, -0.05) is 76.2 Å². The number of para-hydroxylation sites is 1.